The van der Waals surface area contributed by atoms with Crippen molar-refractivity contribution in [1.82, 2.24) is 9.55 Å². The standard InChI is InChI=1S/C18H13BrClF2N3O4S/c19-13-7-10(8-14-16(13)25-5-6-30(27,28)9-15(25)24-14)17(26)23-11-1-3-12(4-2-11)29-18(20,21)22/h1-4,7-8H,5-6,9H2,(H,23,26). The Hall–Kier alpha value is -2.24. The lowest BCUT2D eigenvalue weighted by Gasteiger charge is -2.15. The van der Waals surface area contributed by atoms with Gasteiger partial charge in [0.15, 0.2) is 9.84 Å². The number of imidazole rings is 1. The second-order valence-electron chi connectivity index (χ2n) is 6.62. The van der Waals surface area contributed by atoms with E-state index in [0.29, 0.717) is 33.6 Å². The zero-order valence-corrected chi connectivity index (χ0v) is 18.2. The summed E-state index contributed by atoms with van der Waals surface area (Å²) in [5.74, 6) is -0.287. The van der Waals surface area contributed by atoms with Gasteiger partial charge in [-0.2, -0.15) is 0 Å². The molecule has 0 unspecified atom stereocenters. The first-order chi connectivity index (χ1) is 14.0. The number of hydrogen-bond donors (Lipinski definition) is 1. The number of rotatable bonds is 4. The van der Waals surface area contributed by atoms with Crippen molar-refractivity contribution < 1.29 is 26.7 Å². The van der Waals surface area contributed by atoms with E-state index >= 15 is 0 Å². The van der Waals surface area contributed by atoms with Crippen molar-refractivity contribution in [2.45, 2.75) is 17.9 Å². The van der Waals surface area contributed by atoms with Crippen molar-refractivity contribution in [3.8, 4) is 5.75 Å². The Balaban J connectivity index is 1.58. The molecule has 0 bridgehead atoms. The molecule has 1 amide bonds. The number of sulfone groups is 1. The monoisotopic (exact) mass is 519 g/mol. The van der Waals surface area contributed by atoms with Gasteiger partial charge in [0, 0.05) is 33.9 Å². The molecule has 4 rings (SSSR count). The van der Waals surface area contributed by atoms with E-state index in [-0.39, 0.29) is 17.3 Å². The lowest BCUT2D eigenvalue weighted by atomic mass is 10.1. The molecular weight excluding hydrogens is 508 g/mol. The highest BCUT2D eigenvalue weighted by Crippen LogP contribution is 2.30. The van der Waals surface area contributed by atoms with Crippen LogP contribution in [0.3, 0.4) is 0 Å². The lowest BCUT2D eigenvalue weighted by Crippen LogP contribution is -2.23. The van der Waals surface area contributed by atoms with E-state index in [2.05, 4.69) is 31.0 Å². The number of benzene rings is 2. The number of carbonyl (C=O) groups is 1. The first-order valence-electron chi connectivity index (χ1n) is 8.57. The van der Waals surface area contributed by atoms with Gasteiger partial charge in [0.1, 0.15) is 17.3 Å². The fraction of sp³-hybridized carbons (Fsp3) is 0.222. The largest absolute Gasteiger partial charge is 0.487 e. The molecule has 12 heteroatoms. The third-order valence-electron chi connectivity index (χ3n) is 4.46. The highest BCUT2D eigenvalue weighted by molar-refractivity contribution is 9.10. The van der Waals surface area contributed by atoms with Crippen LogP contribution in [0.15, 0.2) is 40.9 Å². The lowest BCUT2D eigenvalue weighted by molar-refractivity contribution is -0.0964. The Morgan fingerprint density at radius 2 is 1.97 bits per heavy atom. The number of amides is 1. The van der Waals surface area contributed by atoms with Crippen LogP contribution >= 0.6 is 27.5 Å². The van der Waals surface area contributed by atoms with Crippen LogP contribution < -0.4 is 10.1 Å². The van der Waals surface area contributed by atoms with Gasteiger partial charge in [-0.1, -0.05) is 0 Å². The summed E-state index contributed by atoms with van der Waals surface area (Å²) in [6, 6.07) is 8.46. The van der Waals surface area contributed by atoms with Crippen LogP contribution in [0.5, 0.6) is 5.75 Å². The highest BCUT2D eigenvalue weighted by Gasteiger charge is 2.28. The summed E-state index contributed by atoms with van der Waals surface area (Å²) in [6.45, 7) is 0.300. The molecule has 0 radical (unpaired) electrons. The van der Waals surface area contributed by atoms with Gasteiger partial charge in [-0.3, -0.25) is 4.79 Å². The molecule has 0 saturated carbocycles. The van der Waals surface area contributed by atoms with Crippen molar-refractivity contribution in [2.24, 2.45) is 0 Å². The van der Waals surface area contributed by atoms with E-state index in [1.165, 1.54) is 24.3 Å². The first-order valence-corrected chi connectivity index (χ1v) is 11.6. The number of nitrogens with one attached hydrogen (secondary N) is 1. The average molecular weight is 521 g/mol. The quantitative estimate of drug-likeness (QED) is 0.522. The second kappa shape index (κ2) is 7.47. The number of ether oxygens (including phenoxy) is 1. The molecule has 1 aliphatic rings. The van der Waals surface area contributed by atoms with Crippen LogP contribution in [-0.2, 0) is 22.1 Å². The molecule has 158 valence electrons. The summed E-state index contributed by atoms with van der Waals surface area (Å²) in [4.78, 5) is 17.0. The van der Waals surface area contributed by atoms with Crippen LogP contribution in [-0.4, -0.2) is 35.2 Å². The van der Waals surface area contributed by atoms with E-state index < -0.39 is 21.3 Å². The van der Waals surface area contributed by atoms with Crippen molar-refractivity contribution in [1.29, 1.82) is 0 Å². The molecule has 1 aromatic heterocycles. The molecular formula is C18H13BrClF2N3O4S. The molecule has 7 nitrogen and oxygen atoms in total. The van der Waals surface area contributed by atoms with Crippen molar-refractivity contribution >= 4 is 60.0 Å². The Morgan fingerprint density at radius 3 is 2.63 bits per heavy atom. The van der Waals surface area contributed by atoms with Gasteiger partial charge in [0.2, 0.25) is 0 Å². The normalized spacial score (nSPS) is 15.6. The second-order valence-corrected chi connectivity index (χ2v) is 10.1. The third-order valence-corrected chi connectivity index (χ3v) is 6.64. The summed E-state index contributed by atoms with van der Waals surface area (Å²) in [5, 5.41) is 2.65. The van der Waals surface area contributed by atoms with E-state index in [0.717, 1.165) is 5.52 Å². The summed E-state index contributed by atoms with van der Waals surface area (Å²) in [7, 11) is -3.18. The molecule has 1 N–H and O–H groups in total. The minimum Gasteiger partial charge on any atom is -0.420 e. The van der Waals surface area contributed by atoms with Gasteiger partial charge in [-0.25, -0.2) is 13.4 Å². The molecule has 0 saturated heterocycles. The Morgan fingerprint density at radius 1 is 1.27 bits per heavy atom. The zero-order chi connectivity index (χ0) is 21.7. The topological polar surface area (TPSA) is 90.3 Å². The number of aromatic nitrogens is 2. The summed E-state index contributed by atoms with van der Waals surface area (Å²) >= 11 is 8.15. The maximum Gasteiger partial charge on any atom is 0.487 e. The fourth-order valence-electron chi connectivity index (χ4n) is 3.19. The van der Waals surface area contributed by atoms with Gasteiger partial charge in [0.05, 0.1) is 16.8 Å². The smallest absolute Gasteiger partial charge is 0.420 e. The molecule has 0 fully saturated rings. The van der Waals surface area contributed by atoms with Crippen LogP contribution in [0.25, 0.3) is 11.0 Å². The number of nitrogens with zero attached hydrogens (tertiary/aromatic N) is 2. The Labute approximate surface area is 183 Å². The number of alkyl halides is 3. The molecule has 30 heavy (non-hydrogen) atoms. The molecule has 0 spiro atoms. The van der Waals surface area contributed by atoms with Crippen LogP contribution in [0.2, 0.25) is 0 Å². The van der Waals surface area contributed by atoms with Crippen LogP contribution in [0.4, 0.5) is 14.5 Å². The van der Waals surface area contributed by atoms with Crippen molar-refractivity contribution in [3.63, 3.8) is 0 Å². The Kier molecular flexibility index (Phi) is 5.23. The number of hydrogen-bond acceptors (Lipinski definition) is 5. The molecule has 0 aliphatic carbocycles. The van der Waals surface area contributed by atoms with E-state index in [4.69, 9.17) is 11.6 Å². The average Bonchev–Trinajstić information content (AvgIpc) is 2.98. The summed E-state index contributed by atoms with van der Waals surface area (Å²) in [6.07, 6.45) is 0. The number of carbonyl (C=O) groups excluding carboxylic acids is 1. The predicted octanol–water partition coefficient (Wildman–Crippen LogP) is 4.15. The summed E-state index contributed by atoms with van der Waals surface area (Å²) < 4.78 is 55.7. The number of aryl methyl sites for hydroxylation is 1. The van der Waals surface area contributed by atoms with Crippen LogP contribution in [0, 0.1) is 0 Å². The highest BCUT2D eigenvalue weighted by atomic mass is 79.9. The Bertz CT molecular complexity index is 1260. The van der Waals surface area contributed by atoms with E-state index in [1.54, 1.807) is 12.1 Å². The third kappa shape index (κ3) is 4.42. The maximum absolute atomic E-state index is 12.7. The van der Waals surface area contributed by atoms with Gasteiger partial charge >= 0.3 is 5.57 Å². The van der Waals surface area contributed by atoms with Gasteiger partial charge in [-0.15, -0.1) is 8.78 Å². The van der Waals surface area contributed by atoms with Gasteiger partial charge in [-0.05, 0) is 52.3 Å². The van der Waals surface area contributed by atoms with E-state index in [1.807, 2.05) is 4.57 Å². The maximum atomic E-state index is 12.7. The van der Waals surface area contributed by atoms with Gasteiger partial charge < -0.3 is 14.6 Å². The number of fused-ring (bicyclic) bond motifs is 3. The van der Waals surface area contributed by atoms with Crippen LogP contribution in [0.1, 0.15) is 16.2 Å². The summed E-state index contributed by atoms with van der Waals surface area (Å²) in [5.41, 5.74) is -1.96. The minimum atomic E-state index is -3.82. The first kappa shape index (κ1) is 21.0. The zero-order valence-electron chi connectivity index (χ0n) is 15.0. The fourth-order valence-corrected chi connectivity index (χ4v) is 5.16. The number of anilines is 1. The predicted molar refractivity (Wildman–Crippen MR) is 111 cm³/mol. The molecule has 3 aromatic rings. The molecule has 2 aromatic carbocycles. The van der Waals surface area contributed by atoms with Crippen molar-refractivity contribution in [2.75, 3.05) is 11.1 Å². The van der Waals surface area contributed by atoms with Crippen molar-refractivity contribution in [3.05, 3.63) is 52.3 Å². The molecule has 1 aliphatic heterocycles. The minimum absolute atomic E-state index is 0.0372. The molecule has 2 heterocycles. The SMILES string of the molecule is O=C(Nc1ccc(OC(F)(F)Cl)cc1)c1cc(Br)c2c(c1)nc1n2CCS(=O)(=O)C1. The van der Waals surface area contributed by atoms with Gasteiger partial charge in [0.25, 0.3) is 5.91 Å². The van der Waals surface area contributed by atoms with E-state index in [9.17, 15) is 22.0 Å². The molecule has 0 atom stereocenters. The number of halogens is 4.